The lowest BCUT2D eigenvalue weighted by Crippen LogP contribution is -2.13. The zero-order valence-electron chi connectivity index (χ0n) is 11.1. The van der Waals surface area contributed by atoms with Gasteiger partial charge in [-0.25, -0.2) is 0 Å². The Labute approximate surface area is 145 Å². The molecule has 112 valence electrons. The van der Waals surface area contributed by atoms with E-state index in [0.29, 0.717) is 26.0 Å². The summed E-state index contributed by atoms with van der Waals surface area (Å²) in [5, 5.41) is 2.73. The van der Waals surface area contributed by atoms with E-state index in [1.807, 2.05) is 45.2 Å². The molecule has 20 heavy (non-hydrogen) atoms. The van der Waals surface area contributed by atoms with Gasteiger partial charge in [-0.1, -0.05) is 45.2 Å². The van der Waals surface area contributed by atoms with E-state index in [-0.39, 0.29) is 11.8 Å². The highest BCUT2D eigenvalue weighted by atomic mass is 127. The van der Waals surface area contributed by atoms with Crippen molar-refractivity contribution < 1.29 is 19.1 Å². The quantitative estimate of drug-likeness (QED) is 0.473. The number of anilines is 1. The average molecular weight is 506 g/mol. The van der Waals surface area contributed by atoms with Crippen LogP contribution in [0.2, 0.25) is 0 Å². The summed E-state index contributed by atoms with van der Waals surface area (Å²) in [4.78, 5) is 20.8. The molecule has 1 rings (SSSR count). The molecule has 0 aliphatic rings. The number of alkyl halides is 2. The summed E-state index contributed by atoms with van der Waals surface area (Å²) in [6.07, 6.45) is 0. The van der Waals surface area contributed by atoms with Gasteiger partial charge in [0, 0.05) is 6.07 Å². The monoisotopic (exact) mass is 506 g/mol. The zero-order valence-corrected chi connectivity index (χ0v) is 15.4. The number of nitrogens with one attached hydrogen (secondary N) is 1. The molecule has 0 atom stereocenters. The number of rotatable bonds is 5. The van der Waals surface area contributed by atoms with Crippen molar-refractivity contribution >= 4 is 62.7 Å². The van der Waals surface area contributed by atoms with Gasteiger partial charge in [0.25, 0.3) is 0 Å². The number of halogens is 2. The molecule has 6 nitrogen and oxygen atoms in total. The first kappa shape index (κ1) is 19.2. The molecular formula is C12H16I2N2O4. The van der Waals surface area contributed by atoms with Crippen molar-refractivity contribution in [3.8, 4) is 11.5 Å². The van der Waals surface area contributed by atoms with E-state index in [2.05, 4.69) is 11.1 Å². The minimum atomic E-state index is -0.259. The molecule has 1 aromatic rings. The van der Waals surface area contributed by atoms with Crippen molar-refractivity contribution in [1.82, 2.24) is 0 Å². The van der Waals surface area contributed by atoms with Crippen LogP contribution in [0.3, 0.4) is 0 Å². The van der Waals surface area contributed by atoms with Gasteiger partial charge in [-0.2, -0.15) is 0 Å². The Morgan fingerprint density at radius 1 is 1.20 bits per heavy atom. The first-order valence-corrected chi connectivity index (χ1v) is 8.45. The van der Waals surface area contributed by atoms with Crippen molar-refractivity contribution in [3.63, 3.8) is 0 Å². The Morgan fingerprint density at radius 3 is 2.20 bits per heavy atom. The van der Waals surface area contributed by atoms with Crippen LogP contribution in [0.4, 0.5) is 5.69 Å². The molecule has 0 spiro atoms. The number of nitrogens with two attached hydrogens (primary N) is 1. The van der Waals surface area contributed by atoms with Crippen molar-refractivity contribution in [2.45, 2.75) is 0 Å². The highest BCUT2D eigenvalue weighted by Crippen LogP contribution is 2.28. The van der Waals surface area contributed by atoms with E-state index in [1.54, 1.807) is 32.4 Å². The van der Waals surface area contributed by atoms with E-state index in [1.165, 1.54) is 0 Å². The molecule has 0 aliphatic heterocycles. The van der Waals surface area contributed by atoms with Crippen molar-refractivity contribution in [3.05, 3.63) is 18.2 Å². The van der Waals surface area contributed by atoms with Crippen molar-refractivity contribution in [1.29, 1.82) is 0 Å². The van der Waals surface area contributed by atoms with Crippen LogP contribution in [0.15, 0.2) is 18.2 Å². The zero-order chi connectivity index (χ0) is 15.5. The molecule has 0 unspecified atom stereocenters. The second-order valence-corrected chi connectivity index (χ2v) is 4.87. The van der Waals surface area contributed by atoms with Gasteiger partial charge in [-0.15, -0.1) is 0 Å². The molecule has 0 aromatic heterocycles. The summed E-state index contributed by atoms with van der Waals surface area (Å²) in [7, 11) is 3.13. The normalized spacial score (nSPS) is 9.00. The number of carbonyl (C=O) groups excluding carboxylic acids is 2. The van der Waals surface area contributed by atoms with Gasteiger partial charge in [-0.05, 0) is 12.1 Å². The van der Waals surface area contributed by atoms with E-state index in [4.69, 9.17) is 9.47 Å². The molecule has 0 saturated carbocycles. The molecule has 8 heteroatoms. The molecule has 0 bridgehead atoms. The number of carbonyl (C=O) groups is 2. The van der Waals surface area contributed by atoms with Crippen molar-refractivity contribution in [2.24, 2.45) is 5.73 Å². The summed E-state index contributed by atoms with van der Waals surface area (Å²) in [6.45, 7) is 0. The molecule has 1 aromatic carbocycles. The minimum Gasteiger partial charge on any atom is -0.497 e. The van der Waals surface area contributed by atoms with Crippen LogP contribution in [0, 0.1) is 0 Å². The van der Waals surface area contributed by atoms with Crippen LogP contribution < -0.4 is 20.5 Å². The van der Waals surface area contributed by atoms with Gasteiger partial charge >= 0.3 is 0 Å². The maximum atomic E-state index is 11.2. The molecule has 3 N–H and O–H groups in total. The Kier molecular flexibility index (Phi) is 10.5. The first-order chi connectivity index (χ1) is 9.48. The number of methoxy groups -OCH3 is 2. The lowest BCUT2D eigenvalue weighted by molar-refractivity contribution is -0.115. The molecule has 0 heterocycles. The second kappa shape index (κ2) is 10.9. The highest BCUT2D eigenvalue weighted by Gasteiger charge is 2.07. The van der Waals surface area contributed by atoms with Crippen molar-refractivity contribution in [2.75, 3.05) is 28.4 Å². The average Bonchev–Trinajstić information content (AvgIpc) is 2.47. The summed E-state index contributed by atoms with van der Waals surface area (Å²) in [6, 6.07) is 5.25. The number of hydrogen-bond donors (Lipinski definition) is 2. The SMILES string of the molecule is COc1ccc(OC)c(NC(=O)CI)c1.NC(=O)CI. The van der Waals surface area contributed by atoms with Crippen LogP contribution >= 0.6 is 45.2 Å². The van der Waals surface area contributed by atoms with Gasteiger partial charge < -0.3 is 20.5 Å². The molecule has 0 radical (unpaired) electrons. The van der Waals surface area contributed by atoms with E-state index in [0.717, 1.165) is 0 Å². The van der Waals surface area contributed by atoms with Gasteiger partial charge in [0.2, 0.25) is 11.8 Å². The predicted octanol–water partition coefficient (Wildman–Crippen LogP) is 1.98. The molecule has 0 saturated heterocycles. The summed E-state index contributed by atoms with van der Waals surface area (Å²) in [5.74, 6) is 0.973. The number of ether oxygens (including phenoxy) is 2. The maximum absolute atomic E-state index is 11.2. The fourth-order valence-electron chi connectivity index (χ4n) is 1.10. The van der Waals surface area contributed by atoms with Crippen LogP contribution in [0.25, 0.3) is 0 Å². The summed E-state index contributed by atoms with van der Waals surface area (Å²) < 4.78 is 11.0. The summed E-state index contributed by atoms with van der Waals surface area (Å²) >= 11 is 3.90. The lowest BCUT2D eigenvalue weighted by atomic mass is 10.2. The largest absolute Gasteiger partial charge is 0.497 e. The van der Waals surface area contributed by atoms with E-state index in [9.17, 15) is 9.59 Å². The summed E-state index contributed by atoms with van der Waals surface area (Å²) in [5.41, 5.74) is 5.27. The van der Waals surface area contributed by atoms with Crippen LogP contribution in [0.1, 0.15) is 0 Å². The Bertz CT molecular complexity index is 455. The third-order valence-electron chi connectivity index (χ3n) is 1.93. The third-order valence-corrected chi connectivity index (χ3v) is 3.38. The smallest absolute Gasteiger partial charge is 0.234 e. The topological polar surface area (TPSA) is 90.7 Å². The fraction of sp³-hybridized carbons (Fsp3) is 0.333. The minimum absolute atomic E-state index is 0.0675. The number of benzene rings is 1. The third kappa shape index (κ3) is 7.72. The van der Waals surface area contributed by atoms with Gasteiger partial charge in [-0.3, -0.25) is 9.59 Å². The van der Waals surface area contributed by atoms with Gasteiger partial charge in [0.15, 0.2) is 0 Å². The first-order valence-electron chi connectivity index (χ1n) is 5.40. The number of primary amides is 1. The molecule has 0 fully saturated rings. The number of amides is 2. The maximum Gasteiger partial charge on any atom is 0.234 e. The lowest BCUT2D eigenvalue weighted by Gasteiger charge is -2.10. The molecular weight excluding hydrogens is 490 g/mol. The Balaban J connectivity index is 0.000000621. The van der Waals surface area contributed by atoms with Crippen LogP contribution in [-0.2, 0) is 9.59 Å². The van der Waals surface area contributed by atoms with E-state index < -0.39 is 0 Å². The molecule has 2 amide bonds. The standard InChI is InChI=1S/C10H12INO3.C2H4INO/c1-14-7-3-4-9(15-2)8(5-7)12-10(13)6-11;3-1-2(4)5/h3-5H,6H2,1-2H3,(H,12,13);1H2,(H2,4,5). The fourth-order valence-corrected chi connectivity index (χ4v) is 1.29. The van der Waals surface area contributed by atoms with Crippen LogP contribution in [0.5, 0.6) is 11.5 Å². The van der Waals surface area contributed by atoms with Crippen LogP contribution in [-0.4, -0.2) is 34.9 Å². The Hall–Kier alpha value is -0.780. The highest BCUT2D eigenvalue weighted by molar-refractivity contribution is 14.1. The molecule has 0 aliphatic carbocycles. The van der Waals surface area contributed by atoms with E-state index >= 15 is 0 Å². The Morgan fingerprint density at radius 2 is 1.80 bits per heavy atom. The number of hydrogen-bond acceptors (Lipinski definition) is 4. The van der Waals surface area contributed by atoms with Gasteiger partial charge in [0.1, 0.15) is 11.5 Å². The second-order valence-electron chi connectivity index (χ2n) is 3.35. The van der Waals surface area contributed by atoms with Gasteiger partial charge in [0.05, 0.1) is 28.8 Å². The predicted molar refractivity (Wildman–Crippen MR) is 95.1 cm³/mol.